The lowest BCUT2D eigenvalue weighted by Gasteiger charge is -2.39. The summed E-state index contributed by atoms with van der Waals surface area (Å²) in [6.45, 7) is 31.0. The van der Waals surface area contributed by atoms with E-state index in [0.29, 0.717) is 43.9 Å². The fraction of sp³-hybridized carbons (Fsp3) is 0.847. The Morgan fingerprint density at radius 2 is 1.18 bits per heavy atom. The average Bonchev–Trinajstić information content (AvgIpc) is 3.85. The molecule has 7 amide bonds. The molecule has 2 rings (SSSR count). The monoisotopic (exact) mass is 1090 g/mol. The van der Waals surface area contributed by atoms with Gasteiger partial charge in [0.2, 0.25) is 35.4 Å². The molecule has 2 aliphatic heterocycles. The summed E-state index contributed by atoms with van der Waals surface area (Å²) in [5, 5.41) is 20.6. The molecular weight excluding hydrogens is 983 g/mol. The normalized spacial score (nSPS) is 28.6. The number of Topliss-reactive ketones (excluding diaryl/α,β-unsaturated/α-hetero) is 1. The molecule has 18 heteroatoms. The van der Waals surface area contributed by atoms with Crippen molar-refractivity contribution < 1.29 is 53.0 Å². The summed E-state index contributed by atoms with van der Waals surface area (Å²) in [6, 6.07) is -7.20. The number of nitrogens with zero attached hydrogens (tertiary/aromatic N) is 4. The van der Waals surface area contributed by atoms with Gasteiger partial charge in [-0.05, 0) is 100 Å². The summed E-state index contributed by atoms with van der Waals surface area (Å²) in [5.41, 5.74) is -1.95. The number of nitrogens with one attached hydrogen (secondary N) is 3. The van der Waals surface area contributed by atoms with Gasteiger partial charge in [0.15, 0.2) is 17.9 Å². The Bertz CT molecular complexity index is 2010. The third-order valence-electron chi connectivity index (χ3n) is 16.8. The summed E-state index contributed by atoms with van der Waals surface area (Å²) in [4.78, 5) is 137. The van der Waals surface area contributed by atoms with E-state index in [-0.39, 0.29) is 48.8 Å². The number of carbonyl (C=O) groups is 9. The molecule has 0 aromatic rings. The maximum absolute atomic E-state index is 14.9. The number of amides is 7. The second-order valence-electron chi connectivity index (χ2n) is 25.0. The van der Waals surface area contributed by atoms with Gasteiger partial charge in [0, 0.05) is 39.5 Å². The lowest BCUT2D eigenvalue weighted by molar-refractivity contribution is -0.177. The van der Waals surface area contributed by atoms with E-state index < -0.39 is 125 Å². The fourth-order valence-electron chi connectivity index (χ4n) is 11.6. The van der Waals surface area contributed by atoms with Gasteiger partial charge in [-0.25, -0.2) is 4.79 Å². The van der Waals surface area contributed by atoms with Gasteiger partial charge in [-0.2, -0.15) is 0 Å². The van der Waals surface area contributed by atoms with Gasteiger partial charge >= 0.3 is 5.97 Å². The van der Waals surface area contributed by atoms with Gasteiger partial charge in [0.05, 0.1) is 24.1 Å². The highest BCUT2D eigenvalue weighted by Gasteiger charge is 2.48. The molecule has 0 spiro atoms. The van der Waals surface area contributed by atoms with E-state index in [4.69, 9.17) is 4.74 Å². The van der Waals surface area contributed by atoms with Crippen LogP contribution in [0.25, 0.3) is 0 Å². The second kappa shape index (κ2) is 30.7. The van der Waals surface area contributed by atoms with Crippen molar-refractivity contribution in [2.75, 3.05) is 34.2 Å². The molecular formula is C59H105N7O11. The number of aliphatic hydroxyl groups is 1. The third-order valence-corrected chi connectivity index (χ3v) is 16.8. The minimum absolute atomic E-state index is 0.0533. The molecule has 15 atom stereocenters. The summed E-state index contributed by atoms with van der Waals surface area (Å²) in [6.07, 6.45) is 3.81. The molecule has 0 aliphatic carbocycles. The Morgan fingerprint density at radius 1 is 0.636 bits per heavy atom. The van der Waals surface area contributed by atoms with E-state index in [1.54, 1.807) is 27.7 Å². The van der Waals surface area contributed by atoms with Crippen molar-refractivity contribution in [2.24, 2.45) is 59.2 Å². The van der Waals surface area contributed by atoms with Crippen molar-refractivity contribution in [3.05, 3.63) is 0 Å². The van der Waals surface area contributed by atoms with Crippen LogP contribution < -0.4 is 16.0 Å². The van der Waals surface area contributed by atoms with Crippen molar-refractivity contribution in [2.45, 2.75) is 230 Å². The van der Waals surface area contributed by atoms with E-state index in [9.17, 15) is 48.3 Å². The number of ketones is 1. The van der Waals surface area contributed by atoms with E-state index in [0.717, 1.165) is 24.2 Å². The predicted molar refractivity (Wildman–Crippen MR) is 299 cm³/mol. The van der Waals surface area contributed by atoms with Gasteiger partial charge < -0.3 is 45.4 Å². The zero-order valence-electron chi connectivity index (χ0n) is 51.1. The summed E-state index contributed by atoms with van der Waals surface area (Å²) >= 11 is 0. The molecule has 0 aromatic heterocycles. The van der Waals surface area contributed by atoms with Crippen LogP contribution in [0.4, 0.5) is 0 Å². The van der Waals surface area contributed by atoms with Gasteiger partial charge in [-0.1, -0.05) is 123 Å². The maximum Gasteiger partial charge on any atom is 0.332 e. The summed E-state index contributed by atoms with van der Waals surface area (Å²) < 4.78 is 6.10. The van der Waals surface area contributed by atoms with Gasteiger partial charge in [-0.15, -0.1) is 0 Å². The predicted octanol–water partition coefficient (Wildman–Crippen LogP) is 6.39. The third kappa shape index (κ3) is 18.8. The highest BCUT2D eigenvalue weighted by atomic mass is 16.6. The molecule has 77 heavy (non-hydrogen) atoms. The maximum atomic E-state index is 14.9. The molecule has 18 nitrogen and oxygen atoms in total. The van der Waals surface area contributed by atoms with Crippen LogP contribution in [-0.4, -0.2) is 160 Å². The average molecular weight is 1090 g/mol. The van der Waals surface area contributed by atoms with Crippen LogP contribution in [0, 0.1) is 59.2 Å². The van der Waals surface area contributed by atoms with Crippen LogP contribution in [0.2, 0.25) is 0 Å². The minimum atomic E-state index is -1.95. The number of hydrogen-bond donors (Lipinski definition) is 4. The first-order valence-corrected chi connectivity index (χ1v) is 29.2. The quantitative estimate of drug-likeness (QED) is 0.117. The van der Waals surface area contributed by atoms with Crippen LogP contribution in [-0.2, 0) is 47.9 Å². The second-order valence-corrected chi connectivity index (χ2v) is 25.0. The first-order valence-electron chi connectivity index (χ1n) is 29.2. The van der Waals surface area contributed by atoms with E-state index >= 15 is 0 Å². The Balaban J connectivity index is 2.96. The number of likely N-dealkylation sites (N-methyl/N-ethyl adjacent to an activating group) is 3. The lowest BCUT2D eigenvalue weighted by Crippen LogP contribution is -2.61. The molecule has 0 bridgehead atoms. The Hall–Kier alpha value is -4.61. The number of fused-ring (bicyclic) bond motifs is 1. The number of cyclic esters (lactones) is 1. The molecule has 2 saturated heterocycles. The number of rotatable bonds is 17. The summed E-state index contributed by atoms with van der Waals surface area (Å²) in [5.74, 6) is -8.85. The van der Waals surface area contributed by atoms with Crippen LogP contribution in [0.3, 0.4) is 0 Å². The molecule has 0 aromatic carbocycles. The molecule has 2 fully saturated rings. The van der Waals surface area contributed by atoms with Crippen molar-refractivity contribution >= 4 is 53.1 Å². The molecule has 442 valence electrons. The summed E-state index contributed by atoms with van der Waals surface area (Å²) in [7, 11) is 4.25. The zero-order valence-corrected chi connectivity index (χ0v) is 51.1. The van der Waals surface area contributed by atoms with Gasteiger partial charge in [-0.3, -0.25) is 38.4 Å². The number of carbonyl (C=O) groups excluding carboxylic acids is 9. The standard InChI is InChI=1S/C59H105N7O11/c1-21-35(9)29-36(10)30-37(11)31-43-55(72)63(18)32-45(67)66-27-25-26-44(66)52(69)62-47(39(13)23-3)49(68)41(15)46(38(12)22-2)53(70)60-42(28-33(5)6)56(73)65(20)51(59(16,17)76)58(75)77-50(40(14)24-4)57(74)64(19)48(34(7)8)54(71)61-43/h33-44,46-48,50-51,76H,21-32H2,1-20H3,(H,60,70)(H,61,71)(H,62,69)/t35-,36-,37-,38?,39?,40?,41?,42?,43?,44?,46?,47?,48?,50?,51?/m1/s1. The number of ether oxygens (including phenoxy) is 1. The van der Waals surface area contributed by atoms with Crippen molar-refractivity contribution in [1.82, 2.24) is 35.6 Å². The molecule has 2 heterocycles. The fourth-order valence-corrected chi connectivity index (χ4v) is 11.6. The van der Waals surface area contributed by atoms with Crippen LogP contribution >= 0.6 is 0 Å². The molecule has 0 radical (unpaired) electrons. The van der Waals surface area contributed by atoms with Crippen molar-refractivity contribution in [1.29, 1.82) is 0 Å². The van der Waals surface area contributed by atoms with Crippen LogP contribution in [0.1, 0.15) is 182 Å². The van der Waals surface area contributed by atoms with E-state index in [1.165, 1.54) is 49.7 Å². The van der Waals surface area contributed by atoms with Gasteiger partial charge in [0.25, 0.3) is 5.91 Å². The largest absolute Gasteiger partial charge is 0.450 e. The zero-order chi connectivity index (χ0) is 59.1. The smallest absolute Gasteiger partial charge is 0.332 e. The molecule has 0 saturated carbocycles. The highest BCUT2D eigenvalue weighted by molar-refractivity contribution is 5.99. The van der Waals surface area contributed by atoms with E-state index in [1.807, 2.05) is 55.4 Å². The molecule has 12 unspecified atom stereocenters. The number of hydrogen-bond acceptors (Lipinski definition) is 11. The lowest BCUT2D eigenvalue weighted by atomic mass is 9.75. The SMILES string of the molecule is CCC(C)C1NC(=O)C2CCCN2C(=O)CN(C)C(=O)C(C[C@H](C)C[C@H](C)C[C@H](C)CC)NC(=O)C(C(C)C)N(C)C(=O)C(C(C)CC)OC(=O)C(C(C)(C)O)N(C)C(=O)C(CC(C)C)NC(=O)C(C(C)CC)C(C)C1=O. The molecule has 2 aliphatic rings. The van der Waals surface area contributed by atoms with Gasteiger partial charge in [0.1, 0.15) is 24.2 Å². The Morgan fingerprint density at radius 3 is 1.70 bits per heavy atom. The Labute approximate surface area is 463 Å². The first kappa shape index (κ1) is 68.5. The van der Waals surface area contributed by atoms with Crippen molar-refractivity contribution in [3.63, 3.8) is 0 Å². The molecule has 4 N–H and O–H groups in total. The number of esters is 1. The highest BCUT2D eigenvalue weighted by Crippen LogP contribution is 2.31. The van der Waals surface area contributed by atoms with Crippen molar-refractivity contribution in [3.8, 4) is 0 Å². The van der Waals surface area contributed by atoms with Crippen LogP contribution in [0.15, 0.2) is 0 Å². The van der Waals surface area contributed by atoms with E-state index in [2.05, 4.69) is 36.7 Å². The topological polar surface area (TPSA) is 232 Å². The minimum Gasteiger partial charge on any atom is -0.450 e. The first-order chi connectivity index (χ1) is 35.7. The van der Waals surface area contributed by atoms with Crippen LogP contribution in [0.5, 0.6) is 0 Å². The Kier molecular flexibility index (Phi) is 27.3.